The monoisotopic (exact) mass is 301 g/mol. The van der Waals surface area contributed by atoms with Crippen molar-refractivity contribution < 1.29 is 17.9 Å². The zero-order valence-electron chi connectivity index (χ0n) is 11.5. The maximum Gasteiger partial charge on any atom is 0.255 e. The minimum atomic E-state index is -3.86. The molecule has 0 aliphatic carbocycles. The van der Waals surface area contributed by atoms with Crippen molar-refractivity contribution in [1.29, 1.82) is 0 Å². The van der Waals surface area contributed by atoms with E-state index in [-0.39, 0.29) is 10.5 Å². The maximum absolute atomic E-state index is 12.0. The molecule has 20 heavy (non-hydrogen) atoms. The Morgan fingerprint density at radius 3 is 2.60 bits per heavy atom. The van der Waals surface area contributed by atoms with Crippen LogP contribution in [0.5, 0.6) is 5.75 Å². The van der Waals surface area contributed by atoms with Crippen LogP contribution in [0.25, 0.3) is 0 Å². The third kappa shape index (κ3) is 4.48. The first-order valence-corrected chi connectivity index (χ1v) is 7.58. The smallest absolute Gasteiger partial charge is 0.255 e. The highest BCUT2D eigenvalue weighted by Gasteiger charge is 2.16. The van der Waals surface area contributed by atoms with Crippen LogP contribution in [0.3, 0.4) is 0 Å². The van der Waals surface area contributed by atoms with Crippen molar-refractivity contribution in [1.82, 2.24) is 10.6 Å². The number of amides is 1. The number of hydrogen-bond donors (Lipinski definition) is 3. The molecule has 1 amide bonds. The molecule has 0 aliphatic rings. The van der Waals surface area contributed by atoms with Crippen molar-refractivity contribution in [2.24, 2.45) is 5.14 Å². The van der Waals surface area contributed by atoms with Crippen molar-refractivity contribution in [3.63, 3.8) is 0 Å². The lowest BCUT2D eigenvalue weighted by atomic mass is 10.2. The molecule has 0 bridgehead atoms. The topological polar surface area (TPSA) is 111 Å². The molecular formula is C12H19N3O4S. The number of benzene rings is 1. The van der Waals surface area contributed by atoms with Gasteiger partial charge in [-0.2, -0.15) is 0 Å². The lowest BCUT2D eigenvalue weighted by molar-refractivity contribution is 0.0950. The summed E-state index contributed by atoms with van der Waals surface area (Å²) in [6.45, 7) is 1.25. The molecule has 1 rings (SSSR count). The van der Waals surface area contributed by atoms with Crippen LogP contribution in [-0.2, 0) is 10.0 Å². The zero-order valence-corrected chi connectivity index (χ0v) is 12.3. The van der Waals surface area contributed by atoms with Crippen LogP contribution < -0.4 is 20.5 Å². The second kappa shape index (κ2) is 7.22. The second-order valence-corrected chi connectivity index (χ2v) is 5.68. The van der Waals surface area contributed by atoms with E-state index in [4.69, 9.17) is 9.88 Å². The standard InChI is InChI=1S/C12H19N3O4S/c1-14-6-3-7-15-12(16)10-8-9(20(13,17)18)4-5-11(10)19-2/h4-5,8,14H,3,6-7H2,1-2H3,(H,15,16)(H2,13,17,18). The van der Waals surface area contributed by atoms with Crippen molar-refractivity contribution in [2.45, 2.75) is 11.3 Å². The number of primary sulfonamides is 1. The summed E-state index contributed by atoms with van der Waals surface area (Å²) in [5.41, 5.74) is 0.142. The largest absolute Gasteiger partial charge is 0.496 e. The van der Waals surface area contributed by atoms with Gasteiger partial charge in [0.1, 0.15) is 5.75 Å². The molecule has 0 saturated heterocycles. The summed E-state index contributed by atoms with van der Waals surface area (Å²) in [4.78, 5) is 11.9. The fourth-order valence-electron chi connectivity index (χ4n) is 1.60. The molecule has 0 atom stereocenters. The van der Waals surface area contributed by atoms with E-state index in [0.717, 1.165) is 13.0 Å². The van der Waals surface area contributed by atoms with Crippen LogP contribution in [-0.4, -0.2) is 41.6 Å². The number of sulfonamides is 1. The first-order valence-electron chi connectivity index (χ1n) is 6.03. The summed E-state index contributed by atoms with van der Waals surface area (Å²) in [6.07, 6.45) is 0.763. The Morgan fingerprint density at radius 2 is 2.05 bits per heavy atom. The molecule has 0 spiro atoms. The fourth-order valence-corrected chi connectivity index (χ4v) is 2.14. The summed E-state index contributed by atoms with van der Waals surface area (Å²) < 4.78 is 27.7. The molecule has 0 aliphatic heterocycles. The van der Waals surface area contributed by atoms with Gasteiger partial charge in [-0.3, -0.25) is 4.79 Å². The van der Waals surface area contributed by atoms with E-state index in [1.54, 1.807) is 0 Å². The molecule has 0 radical (unpaired) electrons. The van der Waals surface area contributed by atoms with Gasteiger partial charge in [-0.1, -0.05) is 0 Å². The molecule has 0 heterocycles. The first-order chi connectivity index (χ1) is 9.40. The van der Waals surface area contributed by atoms with Gasteiger partial charge >= 0.3 is 0 Å². The van der Waals surface area contributed by atoms with E-state index < -0.39 is 15.9 Å². The summed E-state index contributed by atoms with van der Waals surface area (Å²) in [5, 5.41) is 10.7. The van der Waals surface area contributed by atoms with Gasteiger partial charge in [-0.05, 0) is 38.2 Å². The first kappa shape index (κ1) is 16.4. The molecule has 4 N–H and O–H groups in total. The lowest BCUT2D eigenvalue weighted by Gasteiger charge is -2.10. The Labute approximate surface area is 118 Å². The van der Waals surface area contributed by atoms with Gasteiger partial charge in [-0.25, -0.2) is 13.6 Å². The number of carbonyl (C=O) groups is 1. The zero-order chi connectivity index (χ0) is 15.2. The molecule has 1 aromatic carbocycles. The number of nitrogens with one attached hydrogen (secondary N) is 2. The third-order valence-electron chi connectivity index (χ3n) is 2.63. The average molecular weight is 301 g/mol. The highest BCUT2D eigenvalue weighted by molar-refractivity contribution is 7.89. The van der Waals surface area contributed by atoms with E-state index >= 15 is 0 Å². The van der Waals surface area contributed by atoms with Crippen LogP contribution in [0.1, 0.15) is 16.8 Å². The summed E-state index contributed by atoms with van der Waals surface area (Å²) in [7, 11) is -0.632. The van der Waals surface area contributed by atoms with Crippen molar-refractivity contribution in [2.75, 3.05) is 27.2 Å². The highest BCUT2D eigenvalue weighted by Crippen LogP contribution is 2.21. The normalized spacial score (nSPS) is 11.2. The Bertz CT molecular complexity index is 572. The van der Waals surface area contributed by atoms with Crippen molar-refractivity contribution >= 4 is 15.9 Å². The predicted molar refractivity (Wildman–Crippen MR) is 75.2 cm³/mol. The number of rotatable bonds is 7. The molecule has 0 saturated carbocycles. The fraction of sp³-hybridized carbons (Fsp3) is 0.417. The number of hydrogen-bond acceptors (Lipinski definition) is 5. The Hall–Kier alpha value is -1.64. The molecule has 0 fully saturated rings. The van der Waals surface area contributed by atoms with E-state index in [2.05, 4.69) is 10.6 Å². The highest BCUT2D eigenvalue weighted by atomic mass is 32.2. The van der Waals surface area contributed by atoms with Crippen LogP contribution in [0.4, 0.5) is 0 Å². The summed E-state index contributed by atoms with van der Waals surface area (Å²) >= 11 is 0. The Morgan fingerprint density at radius 1 is 1.35 bits per heavy atom. The van der Waals surface area contributed by atoms with Crippen molar-refractivity contribution in [3.05, 3.63) is 23.8 Å². The Kier molecular flexibility index (Phi) is 5.93. The van der Waals surface area contributed by atoms with Crippen LogP contribution >= 0.6 is 0 Å². The van der Waals surface area contributed by atoms with Crippen LogP contribution in [0, 0.1) is 0 Å². The van der Waals surface area contributed by atoms with E-state index in [1.165, 1.54) is 25.3 Å². The van der Waals surface area contributed by atoms with Crippen molar-refractivity contribution in [3.8, 4) is 5.75 Å². The number of carbonyl (C=O) groups excluding carboxylic acids is 1. The molecule has 1 aromatic rings. The molecule has 8 heteroatoms. The second-order valence-electron chi connectivity index (χ2n) is 4.12. The number of nitrogens with two attached hydrogens (primary N) is 1. The number of ether oxygens (including phenoxy) is 1. The quantitative estimate of drug-likeness (QED) is 0.598. The predicted octanol–water partition coefficient (Wildman–Crippen LogP) is -0.318. The van der Waals surface area contributed by atoms with Gasteiger partial charge < -0.3 is 15.4 Å². The summed E-state index contributed by atoms with van der Waals surface area (Å²) in [6, 6.07) is 3.91. The third-order valence-corrected chi connectivity index (χ3v) is 3.54. The number of methoxy groups -OCH3 is 1. The van der Waals surface area contributed by atoms with E-state index in [0.29, 0.717) is 12.3 Å². The van der Waals surface area contributed by atoms with E-state index in [1.807, 2.05) is 7.05 Å². The molecular weight excluding hydrogens is 282 g/mol. The van der Waals surface area contributed by atoms with Gasteiger partial charge in [0.15, 0.2) is 0 Å². The van der Waals surface area contributed by atoms with E-state index in [9.17, 15) is 13.2 Å². The lowest BCUT2D eigenvalue weighted by Crippen LogP contribution is -2.27. The minimum absolute atomic E-state index is 0.126. The minimum Gasteiger partial charge on any atom is -0.496 e. The van der Waals surface area contributed by atoms with Gasteiger partial charge in [0.05, 0.1) is 17.6 Å². The summed E-state index contributed by atoms with van der Waals surface area (Å²) in [5.74, 6) is -0.105. The van der Waals surface area contributed by atoms with Gasteiger partial charge in [0.25, 0.3) is 5.91 Å². The molecule has 0 unspecified atom stereocenters. The van der Waals surface area contributed by atoms with Gasteiger partial charge in [0, 0.05) is 6.54 Å². The Balaban J connectivity index is 2.93. The van der Waals surface area contributed by atoms with Crippen LogP contribution in [0.15, 0.2) is 23.1 Å². The molecule has 7 nitrogen and oxygen atoms in total. The van der Waals surface area contributed by atoms with Gasteiger partial charge in [-0.15, -0.1) is 0 Å². The maximum atomic E-state index is 12.0. The molecule has 0 aromatic heterocycles. The average Bonchev–Trinajstić information content (AvgIpc) is 2.41. The SMILES string of the molecule is CNCCCNC(=O)c1cc(S(N)(=O)=O)ccc1OC. The van der Waals surface area contributed by atoms with Gasteiger partial charge in [0.2, 0.25) is 10.0 Å². The molecule has 112 valence electrons. The van der Waals surface area contributed by atoms with Crippen LogP contribution in [0.2, 0.25) is 0 Å².